The van der Waals surface area contributed by atoms with Gasteiger partial charge in [-0.15, -0.1) is 0 Å². The smallest absolute Gasteiger partial charge is 0.147 e. The second-order valence-electron chi connectivity index (χ2n) is 12.6. The van der Waals surface area contributed by atoms with Crippen molar-refractivity contribution in [3.8, 4) is 16.8 Å². The fourth-order valence-electron chi connectivity index (χ4n) is 6.76. The average molecular weight is 556 g/mol. The molecule has 6 aromatic carbocycles. The lowest BCUT2D eigenvalue weighted by Gasteiger charge is -2.19. The second kappa shape index (κ2) is 8.62. The molecular formula is C40H29NO2. The Kier molecular flexibility index (Phi) is 4.88. The van der Waals surface area contributed by atoms with Crippen molar-refractivity contribution in [1.29, 1.82) is 0 Å². The Hall–Kier alpha value is -5.28. The van der Waals surface area contributed by atoms with Crippen molar-refractivity contribution in [2.45, 2.75) is 26.2 Å². The van der Waals surface area contributed by atoms with Crippen molar-refractivity contribution in [2.75, 3.05) is 0 Å². The molecule has 0 aliphatic rings. The number of hydrogen-bond acceptors (Lipinski definition) is 2. The molecule has 0 saturated carbocycles. The number of hydrogen-bond donors (Lipinski definition) is 0. The van der Waals surface area contributed by atoms with Crippen LogP contribution in [0.4, 0.5) is 0 Å². The van der Waals surface area contributed by atoms with Gasteiger partial charge in [0, 0.05) is 32.6 Å². The van der Waals surface area contributed by atoms with Gasteiger partial charge in [0.05, 0.1) is 16.4 Å². The van der Waals surface area contributed by atoms with Crippen molar-refractivity contribution >= 4 is 65.7 Å². The normalized spacial score (nSPS) is 12.5. The molecule has 0 atom stereocenters. The van der Waals surface area contributed by atoms with E-state index in [-0.39, 0.29) is 5.41 Å². The quantitative estimate of drug-likeness (QED) is 0.212. The molecule has 3 heterocycles. The molecule has 0 spiro atoms. The molecule has 0 unspecified atom stereocenters. The van der Waals surface area contributed by atoms with E-state index in [1.165, 1.54) is 38.5 Å². The molecule has 0 radical (unpaired) electrons. The number of fused-ring (bicyclic) bond motifs is 10. The zero-order valence-corrected chi connectivity index (χ0v) is 24.3. The fraction of sp³-hybridized carbons (Fsp3) is 0.100. The van der Waals surface area contributed by atoms with Gasteiger partial charge in [0.2, 0.25) is 0 Å². The van der Waals surface area contributed by atoms with Crippen LogP contribution in [0.5, 0.6) is 0 Å². The number of furan rings is 2. The fourth-order valence-corrected chi connectivity index (χ4v) is 6.76. The molecule has 0 saturated heterocycles. The number of nitrogens with zero attached hydrogens (tertiary/aromatic N) is 1. The highest BCUT2D eigenvalue weighted by molar-refractivity contribution is 6.22. The van der Waals surface area contributed by atoms with E-state index >= 15 is 0 Å². The van der Waals surface area contributed by atoms with Crippen LogP contribution in [0, 0.1) is 0 Å². The Balaban J connectivity index is 1.28. The van der Waals surface area contributed by atoms with E-state index in [0.29, 0.717) is 0 Å². The first kappa shape index (κ1) is 24.3. The Bertz CT molecular complexity index is 2530. The zero-order chi connectivity index (χ0) is 28.9. The van der Waals surface area contributed by atoms with Crippen molar-refractivity contribution in [3.05, 3.63) is 127 Å². The molecule has 9 aromatic rings. The molecule has 3 heteroatoms. The van der Waals surface area contributed by atoms with Gasteiger partial charge in [-0.25, -0.2) is 0 Å². The van der Waals surface area contributed by atoms with Gasteiger partial charge in [-0.1, -0.05) is 93.6 Å². The first-order chi connectivity index (χ1) is 20.9. The molecule has 0 N–H and O–H groups in total. The second-order valence-corrected chi connectivity index (χ2v) is 12.6. The third-order valence-electron chi connectivity index (χ3n) is 8.98. The summed E-state index contributed by atoms with van der Waals surface area (Å²) < 4.78 is 15.1. The summed E-state index contributed by atoms with van der Waals surface area (Å²) in [6.45, 7) is 6.77. The third kappa shape index (κ3) is 3.55. The summed E-state index contributed by atoms with van der Waals surface area (Å²) in [5.41, 5.74) is 10.9. The number of para-hydroxylation sites is 2. The SMILES string of the molecule is CC(C)(C)c1ccc(-c2ccc3c4ccccc4n(-c4ccc5oc6c(ccc7oc8ccccc8c76)c5c4)c3c2)cc1. The van der Waals surface area contributed by atoms with Gasteiger partial charge in [-0.2, -0.15) is 0 Å². The molecule has 206 valence electrons. The molecule has 3 aromatic heterocycles. The van der Waals surface area contributed by atoms with E-state index in [1.807, 2.05) is 18.2 Å². The maximum absolute atomic E-state index is 6.52. The van der Waals surface area contributed by atoms with Crippen LogP contribution in [-0.4, -0.2) is 4.57 Å². The Morgan fingerprint density at radius 2 is 1.16 bits per heavy atom. The highest BCUT2D eigenvalue weighted by Crippen LogP contribution is 2.41. The van der Waals surface area contributed by atoms with Crippen LogP contribution < -0.4 is 0 Å². The van der Waals surface area contributed by atoms with Gasteiger partial charge in [0.1, 0.15) is 22.3 Å². The Morgan fingerprint density at radius 1 is 0.488 bits per heavy atom. The predicted molar refractivity (Wildman–Crippen MR) is 179 cm³/mol. The molecule has 0 aliphatic heterocycles. The lowest BCUT2D eigenvalue weighted by atomic mass is 9.86. The standard InChI is InChI=1S/C40H29NO2/c1-40(2,3)26-15-12-24(13-16-26)25-14-18-29-28-8-4-6-10-33(28)41(34(29)22-25)27-17-20-36-32(23-27)30-19-21-37-38(39(30)43-36)31-9-5-7-11-35(31)42-37/h4-23H,1-3H3. The third-order valence-corrected chi connectivity index (χ3v) is 8.98. The number of aromatic nitrogens is 1. The van der Waals surface area contributed by atoms with Gasteiger partial charge >= 0.3 is 0 Å². The van der Waals surface area contributed by atoms with Gasteiger partial charge in [-0.05, 0) is 70.6 Å². The van der Waals surface area contributed by atoms with Crippen molar-refractivity contribution in [1.82, 2.24) is 4.57 Å². The van der Waals surface area contributed by atoms with E-state index in [9.17, 15) is 0 Å². The summed E-state index contributed by atoms with van der Waals surface area (Å²) in [4.78, 5) is 0. The van der Waals surface area contributed by atoms with Crippen molar-refractivity contribution in [3.63, 3.8) is 0 Å². The summed E-state index contributed by atoms with van der Waals surface area (Å²) >= 11 is 0. The molecular weight excluding hydrogens is 526 g/mol. The topological polar surface area (TPSA) is 31.2 Å². The van der Waals surface area contributed by atoms with Crippen molar-refractivity contribution in [2.24, 2.45) is 0 Å². The van der Waals surface area contributed by atoms with Gasteiger partial charge in [0.15, 0.2) is 0 Å². The highest BCUT2D eigenvalue weighted by Gasteiger charge is 2.19. The maximum atomic E-state index is 6.52. The molecule has 43 heavy (non-hydrogen) atoms. The molecule has 9 rings (SSSR count). The van der Waals surface area contributed by atoms with E-state index in [2.05, 4.69) is 128 Å². The summed E-state index contributed by atoms with van der Waals surface area (Å²) in [5.74, 6) is 0. The summed E-state index contributed by atoms with van der Waals surface area (Å²) in [7, 11) is 0. The maximum Gasteiger partial charge on any atom is 0.147 e. The highest BCUT2D eigenvalue weighted by atomic mass is 16.3. The average Bonchev–Trinajstić information content (AvgIpc) is 3.69. The minimum absolute atomic E-state index is 0.126. The predicted octanol–water partition coefficient (Wildman–Crippen LogP) is 11.5. The lowest BCUT2D eigenvalue weighted by molar-refractivity contribution is 0.590. The van der Waals surface area contributed by atoms with Crippen molar-refractivity contribution < 1.29 is 8.83 Å². The van der Waals surface area contributed by atoms with E-state index in [0.717, 1.165) is 49.6 Å². The molecule has 0 fully saturated rings. The van der Waals surface area contributed by atoms with Crippen LogP contribution in [0.15, 0.2) is 130 Å². The van der Waals surface area contributed by atoms with Crippen LogP contribution in [-0.2, 0) is 5.41 Å². The molecule has 0 aliphatic carbocycles. The Labute approximate surface area is 248 Å². The van der Waals surface area contributed by atoms with Gasteiger partial charge in [-0.3, -0.25) is 0 Å². The Morgan fingerprint density at radius 3 is 2.00 bits per heavy atom. The summed E-state index contributed by atoms with van der Waals surface area (Å²) in [6.07, 6.45) is 0. The lowest BCUT2D eigenvalue weighted by Crippen LogP contribution is -2.10. The zero-order valence-electron chi connectivity index (χ0n) is 24.3. The van der Waals surface area contributed by atoms with E-state index in [4.69, 9.17) is 8.83 Å². The number of rotatable bonds is 2. The van der Waals surface area contributed by atoms with Crippen LogP contribution in [0.1, 0.15) is 26.3 Å². The first-order valence-electron chi connectivity index (χ1n) is 14.9. The number of benzene rings is 6. The first-order valence-corrected chi connectivity index (χ1v) is 14.9. The van der Waals surface area contributed by atoms with Gasteiger partial charge in [0.25, 0.3) is 0 Å². The monoisotopic (exact) mass is 555 g/mol. The molecule has 0 amide bonds. The van der Waals surface area contributed by atoms with Crippen LogP contribution >= 0.6 is 0 Å². The minimum atomic E-state index is 0.126. The van der Waals surface area contributed by atoms with Crippen LogP contribution in [0.2, 0.25) is 0 Å². The molecule has 0 bridgehead atoms. The largest absolute Gasteiger partial charge is 0.456 e. The van der Waals surface area contributed by atoms with Crippen LogP contribution in [0.25, 0.3) is 82.5 Å². The van der Waals surface area contributed by atoms with Crippen LogP contribution in [0.3, 0.4) is 0 Å². The van der Waals surface area contributed by atoms with Gasteiger partial charge < -0.3 is 13.4 Å². The van der Waals surface area contributed by atoms with E-state index < -0.39 is 0 Å². The molecule has 3 nitrogen and oxygen atoms in total. The van der Waals surface area contributed by atoms with E-state index in [1.54, 1.807) is 0 Å². The summed E-state index contributed by atoms with van der Waals surface area (Å²) in [6, 6.07) is 43.5. The minimum Gasteiger partial charge on any atom is -0.456 e. The summed E-state index contributed by atoms with van der Waals surface area (Å²) in [5, 5.41) is 6.79.